The van der Waals surface area contributed by atoms with Crippen LogP contribution in [0.25, 0.3) is 0 Å². The van der Waals surface area contributed by atoms with Gasteiger partial charge < -0.3 is 10.8 Å². The summed E-state index contributed by atoms with van der Waals surface area (Å²) in [5, 5.41) is 9.00. The van der Waals surface area contributed by atoms with Crippen LogP contribution in [-0.2, 0) is 0 Å². The molecule has 0 radical (unpaired) electrons. The number of aliphatic hydroxyl groups excluding tert-OH is 1. The third-order valence-corrected chi connectivity index (χ3v) is 1.54. The predicted molar refractivity (Wildman–Crippen MR) is 34.5 cm³/mol. The molecule has 8 heavy (non-hydrogen) atoms. The SMILES string of the molecule is CCC(C)[C@@H](O)CN. The molecule has 2 heteroatoms. The molecule has 3 N–H and O–H groups in total. The maximum absolute atomic E-state index is 9.00. The van der Waals surface area contributed by atoms with E-state index in [9.17, 15) is 0 Å². The topological polar surface area (TPSA) is 46.2 Å². The van der Waals surface area contributed by atoms with Crippen LogP contribution < -0.4 is 5.73 Å². The van der Waals surface area contributed by atoms with Gasteiger partial charge in [0.2, 0.25) is 0 Å². The highest BCUT2D eigenvalue weighted by Gasteiger charge is 2.07. The molecular weight excluding hydrogens is 102 g/mol. The molecule has 0 saturated heterocycles. The van der Waals surface area contributed by atoms with Crippen molar-refractivity contribution < 1.29 is 5.11 Å². The molecule has 0 aromatic rings. The van der Waals surface area contributed by atoms with Crippen molar-refractivity contribution in [1.29, 1.82) is 0 Å². The Kier molecular flexibility index (Phi) is 3.83. The Hall–Kier alpha value is -0.0800. The van der Waals surface area contributed by atoms with E-state index >= 15 is 0 Å². The van der Waals surface area contributed by atoms with Crippen molar-refractivity contribution >= 4 is 0 Å². The van der Waals surface area contributed by atoms with Crippen molar-refractivity contribution in [3.63, 3.8) is 0 Å². The zero-order valence-corrected chi connectivity index (χ0v) is 5.59. The molecule has 0 aliphatic rings. The molecule has 0 amide bonds. The molecule has 2 atom stereocenters. The highest BCUT2D eigenvalue weighted by molar-refractivity contribution is 4.61. The summed E-state index contributed by atoms with van der Waals surface area (Å²) in [6, 6.07) is 0. The van der Waals surface area contributed by atoms with Crippen molar-refractivity contribution in [3.8, 4) is 0 Å². The fourth-order valence-electron chi connectivity index (χ4n) is 0.504. The zero-order valence-electron chi connectivity index (χ0n) is 5.59. The normalized spacial score (nSPS) is 18.0. The average Bonchev–Trinajstić information content (AvgIpc) is 1.84. The van der Waals surface area contributed by atoms with Gasteiger partial charge in [0.25, 0.3) is 0 Å². The molecule has 0 fully saturated rings. The van der Waals surface area contributed by atoms with Gasteiger partial charge in [-0.25, -0.2) is 0 Å². The summed E-state index contributed by atoms with van der Waals surface area (Å²) in [4.78, 5) is 0. The van der Waals surface area contributed by atoms with Crippen LogP contribution in [0.5, 0.6) is 0 Å². The van der Waals surface area contributed by atoms with Gasteiger partial charge in [-0.05, 0) is 5.92 Å². The van der Waals surface area contributed by atoms with E-state index in [4.69, 9.17) is 10.8 Å². The van der Waals surface area contributed by atoms with E-state index in [1.807, 2.05) is 13.8 Å². The van der Waals surface area contributed by atoms with Gasteiger partial charge in [-0.15, -0.1) is 0 Å². The molecule has 0 aromatic heterocycles. The lowest BCUT2D eigenvalue weighted by Crippen LogP contribution is -2.26. The summed E-state index contributed by atoms with van der Waals surface area (Å²) in [5.41, 5.74) is 5.20. The number of hydrogen-bond acceptors (Lipinski definition) is 2. The van der Waals surface area contributed by atoms with Crippen molar-refractivity contribution in [1.82, 2.24) is 0 Å². The van der Waals surface area contributed by atoms with Crippen LogP contribution in [0, 0.1) is 5.92 Å². The van der Waals surface area contributed by atoms with Crippen LogP contribution in [-0.4, -0.2) is 17.8 Å². The van der Waals surface area contributed by atoms with Gasteiger partial charge in [0.1, 0.15) is 0 Å². The first-order chi connectivity index (χ1) is 3.72. The first kappa shape index (κ1) is 7.92. The Bertz CT molecular complexity index is 48.5. The number of aliphatic hydroxyl groups is 1. The summed E-state index contributed by atoms with van der Waals surface area (Å²) >= 11 is 0. The van der Waals surface area contributed by atoms with Gasteiger partial charge in [0.15, 0.2) is 0 Å². The highest BCUT2D eigenvalue weighted by Crippen LogP contribution is 2.04. The van der Waals surface area contributed by atoms with Crippen LogP contribution in [0.3, 0.4) is 0 Å². The van der Waals surface area contributed by atoms with E-state index in [2.05, 4.69) is 0 Å². The van der Waals surface area contributed by atoms with Crippen molar-refractivity contribution in [2.75, 3.05) is 6.54 Å². The fraction of sp³-hybridized carbons (Fsp3) is 1.00. The quantitative estimate of drug-likeness (QED) is 0.560. The van der Waals surface area contributed by atoms with Crippen LogP contribution in [0.2, 0.25) is 0 Å². The summed E-state index contributed by atoms with van der Waals surface area (Å²) in [6.07, 6.45) is 0.693. The minimum absolute atomic E-state index is 0.306. The van der Waals surface area contributed by atoms with Gasteiger partial charge in [-0.2, -0.15) is 0 Å². The summed E-state index contributed by atoms with van der Waals surface area (Å²) < 4.78 is 0. The van der Waals surface area contributed by atoms with Crippen molar-refractivity contribution in [2.24, 2.45) is 11.7 Å². The first-order valence-corrected chi connectivity index (χ1v) is 3.10. The minimum atomic E-state index is -0.306. The standard InChI is InChI=1S/C6H15NO/c1-3-5(2)6(8)4-7/h5-6,8H,3-4,7H2,1-2H3/t5?,6-/m0/s1. The Morgan fingerprint density at radius 2 is 2.12 bits per heavy atom. The van der Waals surface area contributed by atoms with Gasteiger partial charge in [-0.3, -0.25) is 0 Å². The lowest BCUT2D eigenvalue weighted by atomic mass is 10.0. The molecule has 50 valence electrons. The van der Waals surface area contributed by atoms with E-state index in [1.165, 1.54) is 0 Å². The largest absolute Gasteiger partial charge is 0.392 e. The van der Waals surface area contributed by atoms with E-state index in [1.54, 1.807) is 0 Å². The fourth-order valence-corrected chi connectivity index (χ4v) is 0.504. The summed E-state index contributed by atoms with van der Waals surface area (Å²) in [6.45, 7) is 4.43. The molecule has 0 rings (SSSR count). The second-order valence-electron chi connectivity index (χ2n) is 2.19. The third-order valence-electron chi connectivity index (χ3n) is 1.54. The van der Waals surface area contributed by atoms with Crippen LogP contribution in [0.15, 0.2) is 0 Å². The predicted octanol–water partition coefficient (Wildman–Crippen LogP) is 0.352. The van der Waals surface area contributed by atoms with Crippen molar-refractivity contribution in [3.05, 3.63) is 0 Å². The van der Waals surface area contributed by atoms with E-state index in [-0.39, 0.29) is 6.10 Å². The van der Waals surface area contributed by atoms with E-state index < -0.39 is 0 Å². The molecule has 0 bridgehead atoms. The number of hydrogen-bond donors (Lipinski definition) is 2. The van der Waals surface area contributed by atoms with Crippen LogP contribution in [0.4, 0.5) is 0 Å². The Morgan fingerprint density at radius 3 is 2.25 bits per heavy atom. The van der Waals surface area contributed by atoms with E-state index in [0.29, 0.717) is 12.5 Å². The molecule has 0 aliphatic carbocycles. The van der Waals surface area contributed by atoms with Crippen LogP contribution >= 0.6 is 0 Å². The lowest BCUT2D eigenvalue weighted by Gasteiger charge is -2.13. The Morgan fingerprint density at radius 1 is 1.62 bits per heavy atom. The first-order valence-electron chi connectivity index (χ1n) is 3.10. The molecule has 0 spiro atoms. The monoisotopic (exact) mass is 117 g/mol. The second-order valence-corrected chi connectivity index (χ2v) is 2.19. The zero-order chi connectivity index (χ0) is 6.57. The van der Waals surface area contributed by atoms with Crippen LogP contribution in [0.1, 0.15) is 20.3 Å². The number of rotatable bonds is 3. The summed E-state index contributed by atoms with van der Waals surface area (Å²) in [7, 11) is 0. The Balaban J connectivity index is 3.29. The molecule has 0 aliphatic heterocycles. The van der Waals surface area contributed by atoms with E-state index in [0.717, 1.165) is 6.42 Å². The van der Waals surface area contributed by atoms with Gasteiger partial charge in [-0.1, -0.05) is 20.3 Å². The molecule has 1 unspecified atom stereocenters. The highest BCUT2D eigenvalue weighted by atomic mass is 16.3. The molecule has 0 aromatic carbocycles. The second kappa shape index (κ2) is 3.87. The average molecular weight is 117 g/mol. The van der Waals surface area contributed by atoms with Crippen molar-refractivity contribution in [2.45, 2.75) is 26.4 Å². The smallest absolute Gasteiger partial charge is 0.0687 e. The molecule has 0 heterocycles. The maximum atomic E-state index is 9.00. The van der Waals surface area contributed by atoms with Gasteiger partial charge in [0.05, 0.1) is 6.10 Å². The Labute approximate surface area is 50.7 Å². The third kappa shape index (κ3) is 2.28. The minimum Gasteiger partial charge on any atom is -0.392 e. The lowest BCUT2D eigenvalue weighted by molar-refractivity contribution is 0.122. The maximum Gasteiger partial charge on any atom is 0.0687 e. The molecular formula is C6H15NO. The molecule has 0 saturated carbocycles. The number of nitrogens with two attached hydrogens (primary N) is 1. The van der Waals surface area contributed by atoms with Gasteiger partial charge >= 0.3 is 0 Å². The van der Waals surface area contributed by atoms with Gasteiger partial charge in [0, 0.05) is 6.54 Å². The summed E-state index contributed by atoms with van der Waals surface area (Å²) in [5.74, 6) is 0.347. The molecule has 2 nitrogen and oxygen atoms in total.